The maximum atomic E-state index is 10.7. The van der Waals surface area contributed by atoms with Gasteiger partial charge in [0, 0.05) is 18.2 Å². The maximum absolute atomic E-state index is 10.7. The van der Waals surface area contributed by atoms with Crippen molar-refractivity contribution in [3.8, 4) is 0 Å². The Kier molecular flexibility index (Phi) is 3.69. The number of nitrogens with one attached hydrogen (secondary N) is 1. The molecule has 2 aromatic rings. The van der Waals surface area contributed by atoms with Crippen LogP contribution in [0.15, 0.2) is 18.5 Å². The van der Waals surface area contributed by atoms with Crippen molar-refractivity contribution < 1.29 is 4.92 Å². The van der Waals surface area contributed by atoms with Crippen molar-refractivity contribution in [2.45, 2.75) is 25.4 Å². The van der Waals surface area contributed by atoms with Crippen molar-refractivity contribution >= 4 is 34.6 Å². The number of hydrogen-bond acceptors (Lipinski definition) is 5. The molecule has 1 aromatic carbocycles. The van der Waals surface area contributed by atoms with Gasteiger partial charge < -0.3 is 9.88 Å². The second-order valence-corrected chi connectivity index (χ2v) is 5.60. The first kappa shape index (κ1) is 14.1. The van der Waals surface area contributed by atoms with E-state index >= 15 is 0 Å². The van der Waals surface area contributed by atoms with Crippen LogP contribution in [0.1, 0.15) is 24.7 Å². The molecule has 0 aliphatic heterocycles. The summed E-state index contributed by atoms with van der Waals surface area (Å²) in [4.78, 5) is 10.2. The van der Waals surface area contributed by atoms with Crippen molar-refractivity contribution in [3.63, 3.8) is 0 Å². The molecule has 1 saturated carbocycles. The zero-order valence-corrected chi connectivity index (χ0v) is 12.3. The third kappa shape index (κ3) is 2.93. The summed E-state index contributed by atoms with van der Waals surface area (Å²) in [6, 6.07) is 3.00. The molecule has 110 valence electrons. The van der Waals surface area contributed by atoms with Gasteiger partial charge >= 0.3 is 0 Å². The van der Waals surface area contributed by atoms with Crippen LogP contribution in [0.5, 0.6) is 0 Å². The minimum absolute atomic E-state index is 0.142. The zero-order chi connectivity index (χ0) is 15.0. The highest BCUT2D eigenvalue weighted by molar-refractivity contribution is 6.39. The van der Waals surface area contributed by atoms with Crippen LogP contribution in [0.3, 0.4) is 0 Å². The summed E-state index contributed by atoms with van der Waals surface area (Å²) in [5, 5.41) is 22.1. The van der Waals surface area contributed by atoms with Crippen molar-refractivity contribution in [1.29, 1.82) is 0 Å². The first-order valence-corrected chi connectivity index (χ1v) is 7.07. The summed E-state index contributed by atoms with van der Waals surface area (Å²) >= 11 is 12.1. The summed E-state index contributed by atoms with van der Waals surface area (Å²) in [6.07, 6.45) is 3.96. The van der Waals surface area contributed by atoms with Gasteiger partial charge in [0.2, 0.25) is 0 Å². The van der Waals surface area contributed by atoms with E-state index in [4.69, 9.17) is 23.2 Å². The fraction of sp³-hybridized carbons (Fsp3) is 0.333. The quantitative estimate of drug-likeness (QED) is 0.671. The van der Waals surface area contributed by atoms with Crippen LogP contribution in [0.4, 0.5) is 11.4 Å². The molecular weight excluding hydrogens is 317 g/mol. The number of anilines is 1. The highest BCUT2D eigenvalue weighted by atomic mass is 35.5. The van der Waals surface area contributed by atoms with Crippen LogP contribution in [0.25, 0.3) is 0 Å². The second kappa shape index (κ2) is 5.50. The Balaban J connectivity index is 1.78. The van der Waals surface area contributed by atoms with Crippen molar-refractivity contribution in [2.24, 2.45) is 0 Å². The summed E-state index contributed by atoms with van der Waals surface area (Å²) in [6.45, 7) is 0.397. The van der Waals surface area contributed by atoms with E-state index in [0.717, 1.165) is 18.7 Å². The van der Waals surface area contributed by atoms with E-state index in [0.29, 0.717) is 18.3 Å². The second-order valence-electron chi connectivity index (χ2n) is 4.78. The number of benzene rings is 1. The lowest BCUT2D eigenvalue weighted by Gasteiger charge is -2.11. The lowest BCUT2D eigenvalue weighted by atomic mass is 10.2. The number of hydrogen-bond donors (Lipinski definition) is 1. The van der Waals surface area contributed by atoms with E-state index in [1.54, 1.807) is 6.33 Å². The van der Waals surface area contributed by atoms with E-state index in [2.05, 4.69) is 15.5 Å². The number of rotatable bonds is 5. The Morgan fingerprint density at radius 2 is 2.05 bits per heavy atom. The molecule has 1 fully saturated rings. The maximum Gasteiger partial charge on any atom is 0.272 e. The molecule has 0 unspecified atom stereocenters. The Labute approximate surface area is 130 Å². The highest BCUT2D eigenvalue weighted by Gasteiger charge is 2.26. The number of aromatic nitrogens is 3. The fourth-order valence-electron chi connectivity index (χ4n) is 2.05. The van der Waals surface area contributed by atoms with Crippen molar-refractivity contribution in [1.82, 2.24) is 14.8 Å². The first-order chi connectivity index (χ1) is 10.1. The van der Waals surface area contributed by atoms with Gasteiger partial charge in [0.25, 0.3) is 5.69 Å². The van der Waals surface area contributed by atoms with Gasteiger partial charge in [-0.3, -0.25) is 10.1 Å². The molecule has 0 amide bonds. The number of non-ortho nitro benzene ring substituents is 1. The standard InChI is InChI=1S/C12H11Cl2N5O2/c13-9-3-8(19(20)21)4-10(14)12(9)15-5-11-17-16-6-18(11)7-1-2-7/h3-4,6-7,15H,1-2,5H2. The van der Waals surface area contributed by atoms with Gasteiger partial charge in [-0.05, 0) is 12.8 Å². The molecule has 0 bridgehead atoms. The smallest absolute Gasteiger partial charge is 0.272 e. The van der Waals surface area contributed by atoms with Crippen LogP contribution in [0, 0.1) is 10.1 Å². The van der Waals surface area contributed by atoms with Gasteiger partial charge in [-0.25, -0.2) is 0 Å². The Morgan fingerprint density at radius 1 is 1.38 bits per heavy atom. The molecule has 21 heavy (non-hydrogen) atoms. The first-order valence-electron chi connectivity index (χ1n) is 6.32. The lowest BCUT2D eigenvalue weighted by Crippen LogP contribution is -2.08. The minimum Gasteiger partial charge on any atom is -0.375 e. The molecule has 3 rings (SSSR count). The SMILES string of the molecule is O=[N+]([O-])c1cc(Cl)c(NCc2nncn2C2CC2)c(Cl)c1. The molecule has 9 heteroatoms. The van der Waals surface area contributed by atoms with E-state index in [1.165, 1.54) is 12.1 Å². The van der Waals surface area contributed by atoms with Gasteiger partial charge in [-0.1, -0.05) is 23.2 Å². The predicted octanol–water partition coefficient (Wildman–Crippen LogP) is 3.44. The topological polar surface area (TPSA) is 85.9 Å². The molecule has 0 atom stereocenters. The van der Waals surface area contributed by atoms with E-state index in [1.807, 2.05) is 4.57 Å². The largest absolute Gasteiger partial charge is 0.375 e. The van der Waals surface area contributed by atoms with Crippen LogP contribution < -0.4 is 5.32 Å². The predicted molar refractivity (Wildman–Crippen MR) is 78.7 cm³/mol. The van der Waals surface area contributed by atoms with Gasteiger partial charge in [-0.15, -0.1) is 10.2 Å². The van der Waals surface area contributed by atoms with Crippen LogP contribution in [0.2, 0.25) is 10.0 Å². The summed E-state index contributed by atoms with van der Waals surface area (Å²) in [5.74, 6) is 0.781. The summed E-state index contributed by atoms with van der Waals surface area (Å²) in [7, 11) is 0. The molecule has 0 saturated heterocycles. The van der Waals surface area contributed by atoms with Crippen LogP contribution in [-0.4, -0.2) is 19.7 Å². The van der Waals surface area contributed by atoms with Crippen molar-refractivity contribution in [3.05, 3.63) is 44.4 Å². The monoisotopic (exact) mass is 327 g/mol. The van der Waals surface area contributed by atoms with Crippen molar-refractivity contribution in [2.75, 3.05) is 5.32 Å². The number of nitro benzene ring substituents is 1. The molecule has 0 radical (unpaired) electrons. The molecule has 1 aliphatic rings. The minimum atomic E-state index is -0.536. The Morgan fingerprint density at radius 3 is 2.62 bits per heavy atom. The number of nitro groups is 1. The molecule has 7 nitrogen and oxygen atoms in total. The number of nitrogens with zero attached hydrogens (tertiary/aromatic N) is 4. The van der Waals surface area contributed by atoms with E-state index < -0.39 is 4.92 Å². The van der Waals surface area contributed by atoms with Gasteiger partial charge in [0.1, 0.15) is 6.33 Å². The zero-order valence-electron chi connectivity index (χ0n) is 10.8. The van der Waals surface area contributed by atoms with Crippen LogP contribution in [-0.2, 0) is 6.54 Å². The molecule has 0 spiro atoms. The molecule has 1 heterocycles. The van der Waals surface area contributed by atoms with Gasteiger partial charge in [-0.2, -0.15) is 0 Å². The van der Waals surface area contributed by atoms with Gasteiger partial charge in [0.15, 0.2) is 5.82 Å². The fourth-order valence-corrected chi connectivity index (χ4v) is 2.66. The third-order valence-corrected chi connectivity index (χ3v) is 3.84. The Hall–Kier alpha value is -1.86. The lowest BCUT2D eigenvalue weighted by molar-refractivity contribution is -0.384. The molecular formula is C12H11Cl2N5O2. The number of halogens is 2. The average Bonchev–Trinajstić information content (AvgIpc) is 3.17. The van der Waals surface area contributed by atoms with E-state index in [9.17, 15) is 10.1 Å². The van der Waals surface area contributed by atoms with E-state index in [-0.39, 0.29) is 15.7 Å². The highest BCUT2D eigenvalue weighted by Crippen LogP contribution is 2.37. The molecule has 1 aliphatic carbocycles. The van der Waals surface area contributed by atoms with Crippen LogP contribution >= 0.6 is 23.2 Å². The summed E-state index contributed by atoms with van der Waals surface area (Å²) < 4.78 is 2.01. The normalized spacial score (nSPS) is 14.2. The summed E-state index contributed by atoms with van der Waals surface area (Å²) in [5.41, 5.74) is 0.311. The van der Waals surface area contributed by atoms with Gasteiger partial charge in [0.05, 0.1) is 27.2 Å². The molecule has 1 N–H and O–H groups in total. The third-order valence-electron chi connectivity index (χ3n) is 3.25. The molecule has 1 aromatic heterocycles. The average molecular weight is 328 g/mol. The Bertz CT molecular complexity index is 676.